The summed E-state index contributed by atoms with van der Waals surface area (Å²) in [4.78, 5) is 11.6. The van der Waals surface area contributed by atoms with E-state index in [4.69, 9.17) is 5.73 Å². The number of anilines is 2. The Labute approximate surface area is 121 Å². The molecule has 2 aromatic rings. The molecular formula is C15H15F2N3O. The minimum absolute atomic E-state index is 0.231. The quantitative estimate of drug-likeness (QED) is 0.758. The number of hydrogen-bond acceptors (Lipinski definition) is 3. The van der Waals surface area contributed by atoms with Gasteiger partial charge in [0.2, 0.25) is 0 Å². The van der Waals surface area contributed by atoms with E-state index >= 15 is 0 Å². The fourth-order valence-corrected chi connectivity index (χ4v) is 1.84. The lowest BCUT2D eigenvalue weighted by Gasteiger charge is -2.11. The van der Waals surface area contributed by atoms with Crippen LogP contribution in [-0.2, 0) is 6.54 Å². The summed E-state index contributed by atoms with van der Waals surface area (Å²) >= 11 is 0. The molecule has 0 spiro atoms. The van der Waals surface area contributed by atoms with E-state index in [1.807, 2.05) is 0 Å². The molecule has 0 heterocycles. The molecule has 4 nitrogen and oxygen atoms in total. The Morgan fingerprint density at radius 3 is 2.57 bits per heavy atom. The fraction of sp³-hybridized carbons (Fsp3) is 0.133. The third-order valence-corrected chi connectivity index (χ3v) is 3.01. The van der Waals surface area contributed by atoms with Crippen molar-refractivity contribution < 1.29 is 13.6 Å². The monoisotopic (exact) mass is 291 g/mol. The van der Waals surface area contributed by atoms with Crippen LogP contribution in [0.15, 0.2) is 36.4 Å². The molecule has 0 atom stereocenters. The molecule has 2 rings (SSSR count). The van der Waals surface area contributed by atoms with Gasteiger partial charge < -0.3 is 16.4 Å². The molecule has 0 radical (unpaired) electrons. The Bertz CT molecular complexity index is 674. The molecule has 0 bridgehead atoms. The molecule has 0 aliphatic carbocycles. The van der Waals surface area contributed by atoms with E-state index in [9.17, 15) is 13.6 Å². The van der Waals surface area contributed by atoms with Crippen LogP contribution in [0, 0.1) is 11.6 Å². The first-order chi connectivity index (χ1) is 10.0. The third-order valence-electron chi connectivity index (χ3n) is 3.01. The van der Waals surface area contributed by atoms with E-state index < -0.39 is 11.6 Å². The number of nitrogens with two attached hydrogens (primary N) is 1. The molecule has 0 aliphatic rings. The van der Waals surface area contributed by atoms with Crippen molar-refractivity contribution in [3.63, 3.8) is 0 Å². The van der Waals surface area contributed by atoms with Crippen molar-refractivity contribution in [2.75, 3.05) is 18.1 Å². The van der Waals surface area contributed by atoms with Gasteiger partial charge in [-0.2, -0.15) is 0 Å². The summed E-state index contributed by atoms with van der Waals surface area (Å²) < 4.78 is 26.0. The molecule has 4 N–H and O–H groups in total. The van der Waals surface area contributed by atoms with Gasteiger partial charge in [0.1, 0.15) is 0 Å². The molecule has 110 valence electrons. The Morgan fingerprint density at radius 2 is 1.90 bits per heavy atom. The van der Waals surface area contributed by atoms with E-state index in [0.717, 1.165) is 12.1 Å². The van der Waals surface area contributed by atoms with Gasteiger partial charge >= 0.3 is 0 Å². The van der Waals surface area contributed by atoms with Crippen LogP contribution in [0.4, 0.5) is 20.2 Å². The second-order valence-electron chi connectivity index (χ2n) is 4.48. The van der Waals surface area contributed by atoms with Crippen molar-refractivity contribution in [3.8, 4) is 0 Å². The van der Waals surface area contributed by atoms with Gasteiger partial charge in [0.15, 0.2) is 11.6 Å². The van der Waals surface area contributed by atoms with Crippen LogP contribution in [0.5, 0.6) is 0 Å². The standard InChI is InChI=1S/C15H15F2N3O/c1-19-15(21)10-3-5-13(18)14(7-10)20-8-9-2-4-11(16)12(17)6-9/h2-7,20H,8,18H2,1H3,(H,19,21). The molecule has 0 saturated carbocycles. The van der Waals surface area contributed by atoms with Crippen molar-refractivity contribution in [1.82, 2.24) is 5.32 Å². The van der Waals surface area contributed by atoms with Gasteiger partial charge in [-0.1, -0.05) is 6.07 Å². The average molecular weight is 291 g/mol. The molecule has 6 heteroatoms. The molecule has 0 unspecified atom stereocenters. The van der Waals surface area contributed by atoms with E-state index in [0.29, 0.717) is 22.5 Å². The topological polar surface area (TPSA) is 67.2 Å². The zero-order valence-electron chi connectivity index (χ0n) is 11.4. The van der Waals surface area contributed by atoms with E-state index in [-0.39, 0.29) is 12.5 Å². The van der Waals surface area contributed by atoms with Gasteiger partial charge in [-0.3, -0.25) is 4.79 Å². The lowest BCUT2D eigenvalue weighted by molar-refractivity contribution is 0.0963. The first-order valence-corrected chi connectivity index (χ1v) is 6.30. The number of carbonyl (C=O) groups is 1. The van der Waals surface area contributed by atoms with Crippen LogP contribution in [0.3, 0.4) is 0 Å². The maximum absolute atomic E-state index is 13.1. The van der Waals surface area contributed by atoms with E-state index in [1.54, 1.807) is 18.2 Å². The van der Waals surface area contributed by atoms with Crippen molar-refractivity contribution >= 4 is 17.3 Å². The summed E-state index contributed by atoms with van der Waals surface area (Å²) in [7, 11) is 1.53. The van der Waals surface area contributed by atoms with Gasteiger partial charge in [0, 0.05) is 19.2 Å². The van der Waals surface area contributed by atoms with Gasteiger partial charge in [0.25, 0.3) is 5.91 Å². The number of halogens is 2. The van der Waals surface area contributed by atoms with Crippen LogP contribution in [0.2, 0.25) is 0 Å². The molecule has 0 aromatic heterocycles. The highest BCUT2D eigenvalue weighted by molar-refractivity contribution is 5.96. The summed E-state index contributed by atoms with van der Waals surface area (Å²) in [6.45, 7) is 0.262. The second-order valence-corrected chi connectivity index (χ2v) is 4.48. The van der Waals surface area contributed by atoms with Crippen LogP contribution < -0.4 is 16.4 Å². The van der Waals surface area contributed by atoms with Crippen LogP contribution in [0.1, 0.15) is 15.9 Å². The van der Waals surface area contributed by atoms with Gasteiger partial charge in [-0.15, -0.1) is 0 Å². The largest absolute Gasteiger partial charge is 0.397 e. The summed E-state index contributed by atoms with van der Waals surface area (Å²) in [5, 5.41) is 5.52. The number of benzene rings is 2. The highest BCUT2D eigenvalue weighted by Crippen LogP contribution is 2.21. The van der Waals surface area contributed by atoms with Crippen LogP contribution in [-0.4, -0.2) is 13.0 Å². The molecular weight excluding hydrogens is 276 g/mol. The van der Waals surface area contributed by atoms with E-state index in [1.165, 1.54) is 13.1 Å². The number of hydrogen-bond donors (Lipinski definition) is 3. The van der Waals surface area contributed by atoms with E-state index in [2.05, 4.69) is 10.6 Å². The Kier molecular flexibility index (Phi) is 4.37. The summed E-state index contributed by atoms with van der Waals surface area (Å²) in [5.74, 6) is -2.02. The second kappa shape index (κ2) is 6.21. The molecule has 0 aliphatic heterocycles. The minimum Gasteiger partial charge on any atom is -0.397 e. The number of nitrogen functional groups attached to an aromatic ring is 1. The summed E-state index contributed by atoms with van der Waals surface area (Å²) in [5.41, 5.74) is 7.87. The lowest BCUT2D eigenvalue weighted by atomic mass is 10.1. The summed E-state index contributed by atoms with van der Waals surface area (Å²) in [6.07, 6.45) is 0. The Morgan fingerprint density at radius 1 is 1.14 bits per heavy atom. The average Bonchev–Trinajstić information content (AvgIpc) is 2.49. The zero-order chi connectivity index (χ0) is 15.4. The minimum atomic E-state index is -0.901. The predicted molar refractivity (Wildman–Crippen MR) is 77.9 cm³/mol. The maximum Gasteiger partial charge on any atom is 0.251 e. The number of carbonyl (C=O) groups excluding carboxylic acids is 1. The van der Waals surface area contributed by atoms with Crippen molar-refractivity contribution in [2.45, 2.75) is 6.54 Å². The smallest absolute Gasteiger partial charge is 0.251 e. The van der Waals surface area contributed by atoms with Gasteiger partial charge in [-0.05, 0) is 35.9 Å². The molecule has 0 fully saturated rings. The van der Waals surface area contributed by atoms with Crippen molar-refractivity contribution in [1.29, 1.82) is 0 Å². The molecule has 2 aromatic carbocycles. The first-order valence-electron chi connectivity index (χ1n) is 6.30. The van der Waals surface area contributed by atoms with Crippen molar-refractivity contribution in [2.24, 2.45) is 0 Å². The third kappa shape index (κ3) is 3.47. The summed E-state index contributed by atoms with van der Waals surface area (Å²) in [6, 6.07) is 8.48. The van der Waals surface area contributed by atoms with Crippen molar-refractivity contribution in [3.05, 3.63) is 59.2 Å². The zero-order valence-corrected chi connectivity index (χ0v) is 11.4. The highest BCUT2D eigenvalue weighted by Gasteiger charge is 2.07. The first kappa shape index (κ1) is 14.8. The van der Waals surface area contributed by atoms with Crippen LogP contribution >= 0.6 is 0 Å². The number of rotatable bonds is 4. The van der Waals surface area contributed by atoms with Gasteiger partial charge in [0.05, 0.1) is 11.4 Å². The van der Waals surface area contributed by atoms with Gasteiger partial charge in [-0.25, -0.2) is 8.78 Å². The fourth-order valence-electron chi connectivity index (χ4n) is 1.84. The Hall–Kier alpha value is -2.63. The maximum atomic E-state index is 13.1. The SMILES string of the molecule is CNC(=O)c1ccc(N)c(NCc2ccc(F)c(F)c2)c1. The molecule has 0 saturated heterocycles. The number of nitrogens with one attached hydrogen (secondary N) is 2. The molecule has 21 heavy (non-hydrogen) atoms. The predicted octanol–water partition coefficient (Wildman–Crippen LogP) is 2.52. The normalized spacial score (nSPS) is 10.2. The van der Waals surface area contributed by atoms with Crippen LogP contribution in [0.25, 0.3) is 0 Å². The lowest BCUT2D eigenvalue weighted by Crippen LogP contribution is -2.18. The highest BCUT2D eigenvalue weighted by atomic mass is 19.2. The Balaban J connectivity index is 2.15. The number of amides is 1. The molecule has 1 amide bonds.